The number of halogens is 2. The van der Waals surface area contributed by atoms with E-state index in [4.69, 9.17) is 32.7 Å². The maximum atomic E-state index is 12.6. The van der Waals surface area contributed by atoms with Gasteiger partial charge in [-0.2, -0.15) is 0 Å². The van der Waals surface area contributed by atoms with Crippen molar-refractivity contribution in [1.29, 1.82) is 0 Å². The molecule has 1 heterocycles. The molecule has 2 aromatic rings. The van der Waals surface area contributed by atoms with Gasteiger partial charge in [-0.3, -0.25) is 0 Å². The molecule has 0 amide bonds. The molecular formula is C20H24Cl2N2O4S. The predicted molar refractivity (Wildman–Crippen MR) is 115 cm³/mol. The van der Waals surface area contributed by atoms with Crippen LogP contribution >= 0.6 is 23.2 Å². The minimum atomic E-state index is -3.69. The molecule has 9 heteroatoms. The van der Waals surface area contributed by atoms with Gasteiger partial charge in [0.25, 0.3) is 0 Å². The van der Waals surface area contributed by atoms with Gasteiger partial charge in [-0.25, -0.2) is 13.1 Å². The Hall–Kier alpha value is -1.35. The number of sulfonamides is 1. The van der Waals surface area contributed by atoms with Crippen LogP contribution in [0.4, 0.5) is 5.69 Å². The summed E-state index contributed by atoms with van der Waals surface area (Å²) in [6.07, 6.45) is 0.590. The Labute approximate surface area is 181 Å². The van der Waals surface area contributed by atoms with Gasteiger partial charge in [-0.1, -0.05) is 41.4 Å². The van der Waals surface area contributed by atoms with Crippen molar-refractivity contribution in [3.63, 3.8) is 0 Å². The van der Waals surface area contributed by atoms with Crippen LogP contribution in [0, 0.1) is 5.92 Å². The molecule has 1 aliphatic rings. The largest absolute Gasteiger partial charge is 0.382 e. The average Bonchev–Trinajstić information content (AvgIpc) is 3.22. The first kappa shape index (κ1) is 22.3. The lowest BCUT2D eigenvalue weighted by Gasteiger charge is -2.19. The van der Waals surface area contributed by atoms with E-state index in [-0.39, 0.29) is 21.9 Å². The number of ether oxygens (including phenoxy) is 2. The predicted octanol–water partition coefficient (Wildman–Crippen LogP) is 4.11. The zero-order valence-electron chi connectivity index (χ0n) is 16.0. The third-order valence-electron chi connectivity index (χ3n) is 4.84. The van der Waals surface area contributed by atoms with Crippen LogP contribution in [0.3, 0.4) is 0 Å². The zero-order chi connectivity index (χ0) is 20.9. The van der Waals surface area contributed by atoms with Crippen molar-refractivity contribution in [2.75, 3.05) is 38.7 Å². The molecule has 0 radical (unpaired) electrons. The standard InChI is InChI=1S/C20H24Cl2N2O4S/c1-27-19(16-4-2-3-5-17(16)21)12-23-15-6-7-20(18(22)10-15)29(25,26)24-11-14-8-9-28-13-14/h2-7,10,14,19,23-24H,8-9,11-13H2,1H3. The summed E-state index contributed by atoms with van der Waals surface area (Å²) in [6, 6.07) is 12.2. The van der Waals surface area contributed by atoms with Crippen LogP contribution in [0.1, 0.15) is 18.1 Å². The molecule has 2 N–H and O–H groups in total. The number of anilines is 1. The number of hydrogen-bond donors (Lipinski definition) is 2. The van der Waals surface area contributed by atoms with Crippen molar-refractivity contribution in [1.82, 2.24) is 4.72 Å². The van der Waals surface area contributed by atoms with Gasteiger partial charge in [0.05, 0.1) is 11.6 Å². The van der Waals surface area contributed by atoms with Gasteiger partial charge in [0.2, 0.25) is 10.0 Å². The van der Waals surface area contributed by atoms with Crippen molar-refractivity contribution in [3.8, 4) is 0 Å². The quantitative estimate of drug-likeness (QED) is 0.591. The fourth-order valence-corrected chi connectivity index (χ4v) is 5.06. The van der Waals surface area contributed by atoms with Crippen LogP contribution in [-0.4, -0.2) is 41.8 Å². The smallest absolute Gasteiger partial charge is 0.242 e. The van der Waals surface area contributed by atoms with Crippen LogP contribution in [0.5, 0.6) is 0 Å². The SMILES string of the molecule is COC(CNc1ccc(S(=O)(=O)NCC2CCOC2)c(Cl)c1)c1ccccc1Cl. The Kier molecular flexibility index (Phi) is 7.79. The second kappa shape index (κ2) is 10.1. The van der Waals surface area contributed by atoms with Gasteiger partial charge in [0, 0.05) is 43.1 Å². The fourth-order valence-electron chi connectivity index (χ4n) is 3.15. The highest BCUT2D eigenvalue weighted by Crippen LogP contribution is 2.28. The summed E-state index contributed by atoms with van der Waals surface area (Å²) in [5.41, 5.74) is 1.56. The maximum absolute atomic E-state index is 12.6. The van der Waals surface area contributed by atoms with E-state index in [1.54, 1.807) is 19.2 Å². The zero-order valence-corrected chi connectivity index (χ0v) is 18.4. The number of nitrogens with one attached hydrogen (secondary N) is 2. The van der Waals surface area contributed by atoms with Gasteiger partial charge < -0.3 is 14.8 Å². The molecule has 1 saturated heterocycles. The first-order valence-electron chi connectivity index (χ1n) is 9.29. The number of methoxy groups -OCH3 is 1. The van der Waals surface area contributed by atoms with E-state index >= 15 is 0 Å². The summed E-state index contributed by atoms with van der Waals surface area (Å²) >= 11 is 12.5. The van der Waals surface area contributed by atoms with Crippen molar-refractivity contribution < 1.29 is 17.9 Å². The Morgan fingerprint density at radius 1 is 1.21 bits per heavy atom. The molecule has 1 aliphatic heterocycles. The van der Waals surface area contributed by atoms with E-state index < -0.39 is 10.0 Å². The highest BCUT2D eigenvalue weighted by molar-refractivity contribution is 7.89. The van der Waals surface area contributed by atoms with Crippen molar-refractivity contribution in [2.45, 2.75) is 17.4 Å². The topological polar surface area (TPSA) is 76.7 Å². The summed E-state index contributed by atoms with van der Waals surface area (Å²) in [7, 11) is -2.08. The summed E-state index contributed by atoms with van der Waals surface area (Å²) in [5, 5.41) is 3.99. The minimum Gasteiger partial charge on any atom is -0.382 e. The van der Waals surface area contributed by atoms with Crippen molar-refractivity contribution >= 4 is 38.9 Å². The van der Waals surface area contributed by atoms with Crippen LogP contribution in [0.15, 0.2) is 47.4 Å². The number of rotatable bonds is 9. The van der Waals surface area contributed by atoms with Gasteiger partial charge >= 0.3 is 0 Å². The Balaban J connectivity index is 1.64. The second-order valence-electron chi connectivity index (χ2n) is 6.85. The summed E-state index contributed by atoms with van der Waals surface area (Å²) in [5.74, 6) is 0.195. The molecule has 29 heavy (non-hydrogen) atoms. The lowest BCUT2D eigenvalue weighted by molar-refractivity contribution is 0.114. The molecule has 0 saturated carbocycles. The Bertz CT molecular complexity index is 934. The molecule has 1 fully saturated rings. The molecule has 2 aromatic carbocycles. The van der Waals surface area contributed by atoms with E-state index in [1.807, 2.05) is 24.3 Å². The fraction of sp³-hybridized carbons (Fsp3) is 0.400. The lowest BCUT2D eigenvalue weighted by atomic mass is 10.1. The van der Waals surface area contributed by atoms with Crippen LogP contribution < -0.4 is 10.0 Å². The van der Waals surface area contributed by atoms with Gasteiger partial charge in [0.15, 0.2) is 0 Å². The van der Waals surface area contributed by atoms with Gasteiger partial charge in [-0.05, 0) is 36.6 Å². The molecule has 0 aliphatic carbocycles. The summed E-state index contributed by atoms with van der Waals surface area (Å²) in [6.45, 7) is 2.03. The van der Waals surface area contributed by atoms with Gasteiger partial charge in [-0.15, -0.1) is 0 Å². The van der Waals surface area contributed by atoms with Crippen molar-refractivity contribution in [2.24, 2.45) is 5.92 Å². The first-order chi connectivity index (χ1) is 13.9. The van der Waals surface area contributed by atoms with E-state index in [9.17, 15) is 8.42 Å². The molecule has 0 aromatic heterocycles. The average molecular weight is 459 g/mol. The molecule has 2 atom stereocenters. The molecule has 0 bridgehead atoms. The van der Waals surface area contributed by atoms with E-state index in [0.29, 0.717) is 37.0 Å². The first-order valence-corrected chi connectivity index (χ1v) is 11.5. The third-order valence-corrected chi connectivity index (χ3v) is 7.09. The highest BCUT2D eigenvalue weighted by atomic mass is 35.5. The maximum Gasteiger partial charge on any atom is 0.242 e. The number of hydrogen-bond acceptors (Lipinski definition) is 5. The molecule has 2 unspecified atom stereocenters. The molecule has 3 rings (SSSR count). The van der Waals surface area contributed by atoms with E-state index in [1.165, 1.54) is 6.07 Å². The summed E-state index contributed by atoms with van der Waals surface area (Å²) in [4.78, 5) is 0.0537. The lowest BCUT2D eigenvalue weighted by Crippen LogP contribution is -2.29. The van der Waals surface area contributed by atoms with Crippen LogP contribution in [0.25, 0.3) is 0 Å². The molecular weight excluding hydrogens is 435 g/mol. The second-order valence-corrected chi connectivity index (χ2v) is 9.40. The third kappa shape index (κ3) is 5.84. The Morgan fingerprint density at radius 3 is 2.66 bits per heavy atom. The normalized spacial score (nSPS) is 18.0. The van der Waals surface area contributed by atoms with E-state index in [0.717, 1.165) is 12.0 Å². The monoisotopic (exact) mass is 458 g/mol. The van der Waals surface area contributed by atoms with Crippen molar-refractivity contribution in [3.05, 3.63) is 58.1 Å². The van der Waals surface area contributed by atoms with Gasteiger partial charge in [0.1, 0.15) is 11.0 Å². The number of benzene rings is 2. The van der Waals surface area contributed by atoms with Crippen LogP contribution in [-0.2, 0) is 19.5 Å². The molecule has 0 spiro atoms. The molecule has 158 valence electrons. The Morgan fingerprint density at radius 2 is 2.00 bits per heavy atom. The highest BCUT2D eigenvalue weighted by Gasteiger charge is 2.22. The molecule has 6 nitrogen and oxygen atoms in total. The van der Waals surface area contributed by atoms with Crippen LogP contribution in [0.2, 0.25) is 10.0 Å². The van der Waals surface area contributed by atoms with E-state index in [2.05, 4.69) is 10.0 Å². The summed E-state index contributed by atoms with van der Waals surface area (Å²) < 4.78 is 38.6. The minimum absolute atomic E-state index is 0.0537.